The summed E-state index contributed by atoms with van der Waals surface area (Å²) >= 11 is 6.08. The van der Waals surface area contributed by atoms with Crippen molar-refractivity contribution in [3.63, 3.8) is 0 Å². The molecule has 0 saturated carbocycles. The van der Waals surface area contributed by atoms with E-state index >= 15 is 0 Å². The minimum absolute atomic E-state index is 0.204. The molecule has 0 spiro atoms. The molecule has 1 aromatic carbocycles. The number of piperazine rings is 1. The maximum absolute atomic E-state index is 13.3. The van der Waals surface area contributed by atoms with E-state index in [1.165, 1.54) is 8.61 Å². The topological polar surface area (TPSA) is 94.3 Å². The molecule has 0 bridgehead atoms. The Morgan fingerprint density at radius 2 is 2.00 bits per heavy atom. The standard InChI is InChI=1S/C18H25ClN6O2S/c1-13-22-18-16(17(20)5-6-21-18)12-25(13)28(26,27)24-9-7-23(8-10-24)15-4-2-3-14(19)11-15/h2-4,11-13,17H,5-10,20H2,1H3,(H,21,22). The minimum Gasteiger partial charge on any atom is -0.369 e. The number of fused-ring (bicyclic) bond motifs is 1. The largest absolute Gasteiger partial charge is 0.369 e. The molecule has 0 amide bonds. The van der Waals surface area contributed by atoms with E-state index in [1.807, 2.05) is 31.2 Å². The van der Waals surface area contributed by atoms with E-state index in [2.05, 4.69) is 15.2 Å². The summed E-state index contributed by atoms with van der Waals surface area (Å²) in [6, 6.07) is 7.42. The van der Waals surface area contributed by atoms with Crippen LogP contribution in [0.25, 0.3) is 0 Å². The number of benzene rings is 1. The Morgan fingerprint density at radius 1 is 1.25 bits per heavy atom. The Morgan fingerprint density at radius 3 is 2.71 bits per heavy atom. The molecule has 4 rings (SSSR count). The second kappa shape index (κ2) is 7.55. The molecule has 0 aliphatic carbocycles. The number of amidine groups is 1. The Balaban J connectivity index is 1.51. The molecular weight excluding hydrogens is 400 g/mol. The average Bonchev–Trinajstić information content (AvgIpc) is 2.68. The van der Waals surface area contributed by atoms with E-state index in [-0.39, 0.29) is 6.04 Å². The summed E-state index contributed by atoms with van der Waals surface area (Å²) in [4.78, 5) is 6.59. The molecule has 3 N–H and O–H groups in total. The maximum atomic E-state index is 13.3. The number of halogens is 1. The lowest BCUT2D eigenvalue weighted by Gasteiger charge is -2.42. The second-order valence-corrected chi connectivity index (χ2v) is 9.50. The lowest BCUT2D eigenvalue weighted by Crippen LogP contribution is -2.59. The summed E-state index contributed by atoms with van der Waals surface area (Å²) < 4.78 is 29.5. The second-order valence-electron chi connectivity index (χ2n) is 7.23. The van der Waals surface area contributed by atoms with Gasteiger partial charge in [-0.1, -0.05) is 17.7 Å². The van der Waals surface area contributed by atoms with Crippen LogP contribution in [0.3, 0.4) is 0 Å². The third-order valence-electron chi connectivity index (χ3n) is 5.38. The van der Waals surface area contributed by atoms with Gasteiger partial charge in [0.25, 0.3) is 0 Å². The van der Waals surface area contributed by atoms with Gasteiger partial charge in [0, 0.05) is 61.2 Å². The molecule has 1 fully saturated rings. The minimum atomic E-state index is -3.66. The monoisotopic (exact) mass is 424 g/mol. The average molecular weight is 425 g/mol. The van der Waals surface area contributed by atoms with Gasteiger partial charge in [0.15, 0.2) is 0 Å². The van der Waals surface area contributed by atoms with Gasteiger partial charge in [-0.05, 0) is 31.5 Å². The quantitative estimate of drug-likeness (QED) is 0.754. The highest BCUT2D eigenvalue weighted by Gasteiger charge is 2.38. The number of anilines is 1. The van der Waals surface area contributed by atoms with Gasteiger partial charge in [-0.15, -0.1) is 0 Å². The van der Waals surface area contributed by atoms with Gasteiger partial charge in [-0.3, -0.25) is 4.99 Å². The number of hydrogen-bond donors (Lipinski definition) is 2. The highest BCUT2D eigenvalue weighted by Crippen LogP contribution is 2.25. The molecule has 152 valence electrons. The number of rotatable bonds is 3. The number of aliphatic imine (C=N–C) groups is 1. The zero-order valence-electron chi connectivity index (χ0n) is 15.8. The molecule has 3 heterocycles. The van der Waals surface area contributed by atoms with Gasteiger partial charge in [0.2, 0.25) is 0 Å². The lowest BCUT2D eigenvalue weighted by atomic mass is 10.0. The maximum Gasteiger partial charge on any atom is 0.305 e. The van der Waals surface area contributed by atoms with Crippen molar-refractivity contribution >= 4 is 33.3 Å². The summed E-state index contributed by atoms with van der Waals surface area (Å²) in [5.41, 5.74) is 7.94. The first kappa shape index (κ1) is 19.5. The van der Waals surface area contributed by atoms with E-state index in [1.54, 1.807) is 6.20 Å². The van der Waals surface area contributed by atoms with Crippen LogP contribution in [0.2, 0.25) is 5.02 Å². The van der Waals surface area contributed by atoms with Gasteiger partial charge in [-0.25, -0.2) is 4.31 Å². The van der Waals surface area contributed by atoms with E-state index in [0.717, 1.165) is 17.7 Å². The Labute approximate surface area is 170 Å². The van der Waals surface area contributed by atoms with E-state index in [4.69, 9.17) is 17.3 Å². The highest BCUT2D eigenvalue weighted by molar-refractivity contribution is 7.86. The smallest absolute Gasteiger partial charge is 0.305 e. The molecule has 1 aromatic rings. The predicted molar refractivity (Wildman–Crippen MR) is 112 cm³/mol. The zero-order valence-corrected chi connectivity index (χ0v) is 17.3. The van der Waals surface area contributed by atoms with Crippen LogP contribution in [-0.4, -0.2) is 67.8 Å². The van der Waals surface area contributed by atoms with Crippen molar-refractivity contribution in [2.45, 2.75) is 25.6 Å². The van der Waals surface area contributed by atoms with E-state index < -0.39 is 16.4 Å². The molecule has 8 nitrogen and oxygen atoms in total. The van der Waals surface area contributed by atoms with Gasteiger partial charge in [-0.2, -0.15) is 12.7 Å². The van der Waals surface area contributed by atoms with Crippen molar-refractivity contribution < 1.29 is 8.42 Å². The molecule has 28 heavy (non-hydrogen) atoms. The first-order valence-electron chi connectivity index (χ1n) is 9.44. The summed E-state index contributed by atoms with van der Waals surface area (Å²) in [6.07, 6.45) is 1.96. The van der Waals surface area contributed by atoms with Crippen LogP contribution in [-0.2, 0) is 10.2 Å². The van der Waals surface area contributed by atoms with Crippen molar-refractivity contribution in [2.75, 3.05) is 37.6 Å². The van der Waals surface area contributed by atoms with Crippen molar-refractivity contribution in [3.05, 3.63) is 41.1 Å². The Kier molecular flexibility index (Phi) is 5.26. The Hall–Kier alpha value is -1.81. The van der Waals surface area contributed by atoms with Crippen LogP contribution in [0.5, 0.6) is 0 Å². The van der Waals surface area contributed by atoms with Crippen LogP contribution in [0, 0.1) is 0 Å². The molecule has 3 aliphatic heterocycles. The molecular formula is C18H25ClN6O2S. The van der Waals surface area contributed by atoms with Crippen LogP contribution in [0.15, 0.2) is 41.0 Å². The molecule has 3 aliphatic rings. The van der Waals surface area contributed by atoms with E-state index in [0.29, 0.717) is 43.6 Å². The summed E-state index contributed by atoms with van der Waals surface area (Å²) in [7, 11) is -3.66. The fourth-order valence-corrected chi connectivity index (χ4v) is 5.56. The highest BCUT2D eigenvalue weighted by atomic mass is 35.5. The number of nitrogens with zero attached hydrogens (tertiary/aromatic N) is 4. The van der Waals surface area contributed by atoms with Crippen LogP contribution in [0.4, 0.5) is 5.69 Å². The van der Waals surface area contributed by atoms with Gasteiger partial charge in [0.1, 0.15) is 12.0 Å². The number of hydrogen-bond acceptors (Lipinski definition) is 6. The number of nitrogens with two attached hydrogens (primary N) is 1. The summed E-state index contributed by atoms with van der Waals surface area (Å²) in [5, 5.41) is 3.86. The molecule has 10 heteroatoms. The van der Waals surface area contributed by atoms with Gasteiger partial charge >= 0.3 is 10.2 Å². The predicted octanol–water partition coefficient (Wildman–Crippen LogP) is 0.971. The molecule has 0 radical (unpaired) electrons. The number of nitrogens with one attached hydrogen (secondary N) is 1. The van der Waals surface area contributed by atoms with Crippen LogP contribution >= 0.6 is 11.6 Å². The van der Waals surface area contributed by atoms with Crippen molar-refractivity contribution in [1.82, 2.24) is 13.9 Å². The normalized spacial score (nSPS) is 26.2. The molecule has 0 aromatic heterocycles. The van der Waals surface area contributed by atoms with E-state index in [9.17, 15) is 8.42 Å². The fourth-order valence-electron chi connectivity index (χ4n) is 3.78. The first-order valence-corrected chi connectivity index (χ1v) is 11.2. The Bertz CT molecular complexity index is 910. The zero-order chi connectivity index (χ0) is 19.9. The van der Waals surface area contributed by atoms with Crippen LogP contribution < -0.4 is 16.0 Å². The first-order chi connectivity index (χ1) is 13.4. The molecule has 2 unspecified atom stereocenters. The summed E-state index contributed by atoms with van der Waals surface area (Å²) in [6.45, 7) is 4.51. The third kappa shape index (κ3) is 3.59. The van der Waals surface area contributed by atoms with Gasteiger partial charge < -0.3 is 16.0 Å². The van der Waals surface area contributed by atoms with Gasteiger partial charge in [0.05, 0.1) is 0 Å². The van der Waals surface area contributed by atoms with Crippen molar-refractivity contribution in [2.24, 2.45) is 10.7 Å². The van der Waals surface area contributed by atoms with Crippen molar-refractivity contribution in [3.8, 4) is 0 Å². The lowest BCUT2D eigenvalue weighted by molar-refractivity contribution is 0.316. The van der Waals surface area contributed by atoms with Crippen molar-refractivity contribution in [1.29, 1.82) is 0 Å². The fraction of sp³-hybridized carbons (Fsp3) is 0.500. The SMILES string of the molecule is CC1NC2=NCCC(N)C2=CN1S(=O)(=O)N1CCN(c2cccc(Cl)c2)CC1. The summed E-state index contributed by atoms with van der Waals surface area (Å²) in [5.74, 6) is 0.712. The molecule has 2 atom stereocenters. The third-order valence-corrected chi connectivity index (χ3v) is 7.59. The van der Waals surface area contributed by atoms with Crippen LogP contribution in [0.1, 0.15) is 13.3 Å². The molecule has 1 saturated heterocycles.